The van der Waals surface area contributed by atoms with Gasteiger partial charge in [-0.1, -0.05) is 37.3 Å². The maximum atomic E-state index is 11.8. The minimum Gasteiger partial charge on any atom is -0.480 e. The van der Waals surface area contributed by atoms with Gasteiger partial charge >= 0.3 is 12.0 Å². The Labute approximate surface area is 117 Å². The number of carbonyl (C=O) groups excluding carboxylic acids is 1. The molecule has 0 saturated carbocycles. The highest BCUT2D eigenvalue weighted by atomic mass is 16.4. The Hall–Kier alpha value is -2.08. The van der Waals surface area contributed by atoms with Crippen molar-refractivity contribution >= 4 is 12.0 Å². The molecule has 0 aliphatic carbocycles. The average Bonchev–Trinajstić information content (AvgIpc) is 2.42. The highest BCUT2D eigenvalue weighted by molar-refractivity contribution is 5.83. The number of carboxylic acid groups (broad SMARTS) is 1. The van der Waals surface area contributed by atoms with E-state index in [0.717, 1.165) is 5.56 Å². The van der Waals surface area contributed by atoms with E-state index in [1.165, 1.54) is 6.92 Å². The molecule has 0 saturated heterocycles. The van der Waals surface area contributed by atoms with Crippen LogP contribution in [0, 0.1) is 0 Å². The lowest BCUT2D eigenvalue weighted by Gasteiger charge is -2.21. The van der Waals surface area contributed by atoms with Gasteiger partial charge in [0.15, 0.2) is 6.04 Å². The van der Waals surface area contributed by atoms with Crippen LogP contribution in [0.2, 0.25) is 0 Å². The normalized spacial score (nSPS) is 14.9. The van der Waals surface area contributed by atoms with Gasteiger partial charge < -0.3 is 20.8 Å². The van der Waals surface area contributed by atoms with Crippen LogP contribution in [-0.4, -0.2) is 34.4 Å². The minimum absolute atomic E-state index is 0.209. The molecular weight excluding hydrogens is 260 g/mol. The van der Waals surface area contributed by atoms with Crippen LogP contribution in [0.5, 0.6) is 0 Å². The van der Waals surface area contributed by atoms with E-state index in [1.807, 2.05) is 37.3 Å². The van der Waals surface area contributed by atoms with Crippen molar-refractivity contribution in [3.05, 3.63) is 35.9 Å². The van der Waals surface area contributed by atoms with Gasteiger partial charge in [-0.2, -0.15) is 0 Å². The Morgan fingerprint density at radius 2 is 1.80 bits per heavy atom. The molecule has 4 N–H and O–H groups in total. The molecule has 20 heavy (non-hydrogen) atoms. The Balaban J connectivity index is 2.66. The second kappa shape index (κ2) is 7.49. The molecule has 0 radical (unpaired) electrons. The molecule has 0 heterocycles. The Bertz CT molecular complexity index is 448. The molecule has 3 atom stereocenters. The number of nitrogens with one attached hydrogen (secondary N) is 2. The molecule has 0 spiro atoms. The number of carbonyl (C=O) groups is 2. The van der Waals surface area contributed by atoms with Crippen LogP contribution in [0.4, 0.5) is 4.79 Å². The fourth-order valence-corrected chi connectivity index (χ4v) is 1.84. The van der Waals surface area contributed by atoms with E-state index in [-0.39, 0.29) is 6.04 Å². The summed E-state index contributed by atoms with van der Waals surface area (Å²) in [6.45, 7) is 3.23. The van der Waals surface area contributed by atoms with Crippen molar-refractivity contribution < 1.29 is 19.8 Å². The third-order valence-electron chi connectivity index (χ3n) is 2.95. The maximum Gasteiger partial charge on any atom is 0.328 e. The number of aliphatic hydroxyl groups is 1. The van der Waals surface area contributed by atoms with E-state index in [4.69, 9.17) is 5.11 Å². The predicted octanol–water partition coefficient (Wildman–Crippen LogP) is 1.27. The van der Waals surface area contributed by atoms with Crippen molar-refractivity contribution in [3.8, 4) is 0 Å². The van der Waals surface area contributed by atoms with E-state index in [1.54, 1.807) is 0 Å². The molecule has 1 aromatic carbocycles. The van der Waals surface area contributed by atoms with E-state index in [9.17, 15) is 14.7 Å². The van der Waals surface area contributed by atoms with Crippen molar-refractivity contribution in [3.63, 3.8) is 0 Å². The smallest absolute Gasteiger partial charge is 0.328 e. The van der Waals surface area contributed by atoms with Crippen LogP contribution in [0.3, 0.4) is 0 Å². The fraction of sp³-hybridized carbons (Fsp3) is 0.429. The standard InChI is InChI=1S/C14H20N2O4/c1-3-11(10-7-5-4-6-8-10)15-14(20)16-12(9(2)17)13(18)19/h4-9,11-12,17H,3H2,1-2H3,(H,18,19)(H2,15,16,20). The number of aliphatic carboxylic acids is 1. The summed E-state index contributed by atoms with van der Waals surface area (Å²) in [5.74, 6) is -1.28. The molecule has 0 fully saturated rings. The van der Waals surface area contributed by atoms with Gasteiger partial charge in [-0.05, 0) is 18.9 Å². The molecule has 0 aliphatic rings. The zero-order chi connectivity index (χ0) is 15.1. The molecule has 3 unspecified atom stereocenters. The van der Waals surface area contributed by atoms with Gasteiger partial charge in [0.2, 0.25) is 0 Å². The van der Waals surface area contributed by atoms with E-state index in [0.29, 0.717) is 6.42 Å². The van der Waals surface area contributed by atoms with E-state index < -0.39 is 24.1 Å². The maximum absolute atomic E-state index is 11.8. The SMILES string of the molecule is CCC(NC(=O)NC(C(=O)O)C(C)O)c1ccccc1. The molecule has 6 nitrogen and oxygen atoms in total. The number of carboxylic acids is 1. The van der Waals surface area contributed by atoms with Gasteiger partial charge in [0, 0.05) is 0 Å². The summed E-state index contributed by atoms with van der Waals surface area (Å²) in [6, 6.07) is 7.23. The number of hydrogen-bond acceptors (Lipinski definition) is 3. The number of urea groups is 1. The number of aliphatic hydroxyl groups excluding tert-OH is 1. The van der Waals surface area contributed by atoms with Gasteiger partial charge in [-0.3, -0.25) is 0 Å². The Morgan fingerprint density at radius 1 is 1.20 bits per heavy atom. The van der Waals surface area contributed by atoms with Crippen LogP contribution in [0.25, 0.3) is 0 Å². The Kier molecular flexibility index (Phi) is 5.99. The third kappa shape index (κ3) is 4.55. The summed E-state index contributed by atoms with van der Waals surface area (Å²) in [4.78, 5) is 22.7. The summed E-state index contributed by atoms with van der Waals surface area (Å²) in [5, 5.41) is 23.2. The van der Waals surface area contributed by atoms with Gasteiger partial charge in [0.05, 0.1) is 12.1 Å². The quantitative estimate of drug-likeness (QED) is 0.630. The van der Waals surface area contributed by atoms with Gasteiger partial charge in [-0.15, -0.1) is 0 Å². The summed E-state index contributed by atoms with van der Waals surface area (Å²) in [5.41, 5.74) is 0.939. The number of benzene rings is 1. The zero-order valence-electron chi connectivity index (χ0n) is 11.5. The lowest BCUT2D eigenvalue weighted by molar-refractivity contribution is -0.141. The second-order valence-electron chi connectivity index (χ2n) is 4.55. The first kappa shape index (κ1) is 16.0. The zero-order valence-corrected chi connectivity index (χ0v) is 11.5. The highest BCUT2D eigenvalue weighted by Gasteiger charge is 2.25. The molecule has 2 amide bonds. The van der Waals surface area contributed by atoms with E-state index in [2.05, 4.69) is 10.6 Å². The first-order chi connectivity index (χ1) is 9.45. The average molecular weight is 280 g/mol. The fourth-order valence-electron chi connectivity index (χ4n) is 1.84. The lowest BCUT2D eigenvalue weighted by Crippen LogP contribution is -2.51. The van der Waals surface area contributed by atoms with Crippen molar-refractivity contribution in [1.29, 1.82) is 0 Å². The first-order valence-corrected chi connectivity index (χ1v) is 6.48. The largest absolute Gasteiger partial charge is 0.480 e. The van der Waals surface area contributed by atoms with Crippen molar-refractivity contribution in [1.82, 2.24) is 10.6 Å². The molecular formula is C14H20N2O4. The summed E-state index contributed by atoms with van der Waals surface area (Å²) in [6.07, 6.45) is -0.501. The number of amides is 2. The van der Waals surface area contributed by atoms with Crippen molar-refractivity contribution in [2.24, 2.45) is 0 Å². The lowest BCUT2D eigenvalue weighted by atomic mass is 10.1. The van der Waals surface area contributed by atoms with Crippen LogP contribution < -0.4 is 10.6 Å². The second-order valence-corrected chi connectivity index (χ2v) is 4.55. The van der Waals surface area contributed by atoms with Crippen molar-refractivity contribution in [2.75, 3.05) is 0 Å². The summed E-state index contributed by atoms with van der Waals surface area (Å²) in [7, 11) is 0. The van der Waals surface area contributed by atoms with Gasteiger partial charge in [0.1, 0.15) is 0 Å². The molecule has 0 bridgehead atoms. The van der Waals surface area contributed by atoms with E-state index >= 15 is 0 Å². The van der Waals surface area contributed by atoms with Crippen LogP contribution in [0.1, 0.15) is 31.9 Å². The predicted molar refractivity (Wildman–Crippen MR) is 74.2 cm³/mol. The molecule has 1 rings (SSSR count). The molecule has 1 aromatic rings. The van der Waals surface area contributed by atoms with Gasteiger partial charge in [0.25, 0.3) is 0 Å². The minimum atomic E-state index is -1.33. The Morgan fingerprint density at radius 3 is 2.25 bits per heavy atom. The van der Waals surface area contributed by atoms with Crippen LogP contribution in [0.15, 0.2) is 30.3 Å². The highest BCUT2D eigenvalue weighted by Crippen LogP contribution is 2.15. The monoisotopic (exact) mass is 280 g/mol. The third-order valence-corrected chi connectivity index (χ3v) is 2.95. The molecule has 110 valence electrons. The molecule has 0 aliphatic heterocycles. The van der Waals surface area contributed by atoms with Gasteiger partial charge in [-0.25, -0.2) is 9.59 Å². The molecule has 6 heteroatoms. The van der Waals surface area contributed by atoms with Crippen LogP contribution in [-0.2, 0) is 4.79 Å². The van der Waals surface area contributed by atoms with Crippen LogP contribution >= 0.6 is 0 Å². The topological polar surface area (TPSA) is 98.7 Å². The first-order valence-electron chi connectivity index (χ1n) is 6.48. The number of hydrogen-bond donors (Lipinski definition) is 4. The summed E-state index contributed by atoms with van der Waals surface area (Å²) >= 11 is 0. The molecule has 0 aromatic heterocycles. The number of rotatable bonds is 6. The van der Waals surface area contributed by atoms with Crippen molar-refractivity contribution in [2.45, 2.75) is 38.5 Å². The summed E-state index contributed by atoms with van der Waals surface area (Å²) < 4.78 is 0.